The molecule has 9 heteroatoms. The zero-order valence-corrected chi connectivity index (χ0v) is 23.6. The van der Waals surface area contributed by atoms with Gasteiger partial charge in [-0.15, -0.1) is 4.37 Å². The summed E-state index contributed by atoms with van der Waals surface area (Å²) in [6.45, 7) is -5.51. The second kappa shape index (κ2) is 17.5. The van der Waals surface area contributed by atoms with Crippen molar-refractivity contribution in [3.05, 3.63) is 23.4 Å². The zero-order chi connectivity index (χ0) is 36.7. The molecular formula is C29H48N6O2S. The molecule has 0 saturated carbocycles. The van der Waals surface area contributed by atoms with Crippen molar-refractivity contribution in [1.29, 1.82) is 0 Å². The topological polar surface area (TPSA) is 75.4 Å². The second-order valence-electron chi connectivity index (χ2n) is 9.05. The molecule has 0 aromatic carbocycles. The van der Waals surface area contributed by atoms with Crippen LogP contribution in [0.4, 0.5) is 0 Å². The molecule has 4 heterocycles. The van der Waals surface area contributed by atoms with Crippen molar-refractivity contribution in [3.63, 3.8) is 0 Å². The van der Waals surface area contributed by atoms with Crippen LogP contribution in [-0.2, 0) is 4.74 Å². The first-order valence-electron chi connectivity index (χ1n) is 19.0. The fourth-order valence-electron chi connectivity index (χ4n) is 3.73. The van der Waals surface area contributed by atoms with Crippen LogP contribution in [0.2, 0.25) is 0 Å². The maximum atomic E-state index is 8.30. The molecule has 1 aromatic rings. The molecule has 3 aliphatic rings. The molecule has 0 fully saturated rings. The molecule has 0 bridgehead atoms. The van der Waals surface area contributed by atoms with Gasteiger partial charge in [-0.25, -0.2) is 4.99 Å². The van der Waals surface area contributed by atoms with Gasteiger partial charge in [0, 0.05) is 35.7 Å². The Bertz CT molecular complexity index is 1380. The lowest BCUT2D eigenvalue weighted by Gasteiger charge is -2.23. The fraction of sp³-hybridized carbons (Fsp3) is 0.724. The van der Waals surface area contributed by atoms with Crippen molar-refractivity contribution < 1.29 is 24.6 Å². The van der Waals surface area contributed by atoms with Gasteiger partial charge >= 0.3 is 0 Å². The van der Waals surface area contributed by atoms with Crippen LogP contribution >= 0.6 is 11.7 Å². The number of nitrogens with zero attached hydrogens (tertiary/aromatic N) is 6. The number of aliphatic imine (C=N–C) groups is 2. The lowest BCUT2D eigenvalue weighted by atomic mass is 10.1. The number of hydrogen-bond donors (Lipinski definition) is 0. The van der Waals surface area contributed by atoms with Crippen LogP contribution in [0.1, 0.15) is 98.8 Å². The van der Waals surface area contributed by atoms with Crippen molar-refractivity contribution in [2.24, 2.45) is 9.98 Å². The summed E-state index contributed by atoms with van der Waals surface area (Å²) in [7, 11) is 1.72. The van der Waals surface area contributed by atoms with E-state index in [-0.39, 0.29) is 49.1 Å². The van der Waals surface area contributed by atoms with Gasteiger partial charge in [-0.05, 0) is 50.9 Å². The van der Waals surface area contributed by atoms with E-state index in [1.807, 2.05) is 6.92 Å². The lowest BCUT2D eigenvalue weighted by molar-refractivity contribution is 0.294. The van der Waals surface area contributed by atoms with E-state index in [2.05, 4.69) is 25.7 Å². The summed E-state index contributed by atoms with van der Waals surface area (Å²) in [5.41, 5.74) is 0.883. The summed E-state index contributed by atoms with van der Waals surface area (Å²) in [5, 5.41) is 0. The third-order valence-corrected chi connectivity index (χ3v) is 6.31. The number of rotatable bonds is 13. The summed E-state index contributed by atoms with van der Waals surface area (Å²) in [6, 6.07) is 0. The Kier molecular flexibility index (Phi) is 8.41. The molecule has 38 heavy (non-hydrogen) atoms. The fourth-order valence-corrected chi connectivity index (χ4v) is 4.23. The largest absolute Gasteiger partial charge is 0.476 e. The SMILES string of the molecule is [2H]C([2H])(CCCCC)OC1=NCN=C1C1=CCCN(C([2H])([2H])[2H])C1([2H])[2H].[2H]C([2H])(CCCCC)Oc1nsnc1C1=CCCN(C)C1([2H])[2H]. The molecule has 0 spiro atoms. The molecule has 0 N–H and O–H groups in total. The standard InChI is InChI=1S/C15H25N3O.C14H23N3OS/c1-3-4-5-6-10-19-15-14(16-12-17-15)13-8-7-9-18(2)11-13;1-3-4-5-6-10-18-14-13(15-19-16-14)12-8-7-9-17(2)11-12/h8H,3-7,9-12H2,1-2H3;8H,3-7,9-11H2,1-2H3/i2D3,10D2,11D2;10D2,11D2. The van der Waals surface area contributed by atoms with Gasteiger partial charge in [-0.1, -0.05) is 64.5 Å². The zero-order valence-electron chi connectivity index (χ0n) is 33.8. The second-order valence-corrected chi connectivity index (χ2v) is 9.57. The van der Waals surface area contributed by atoms with E-state index in [1.54, 1.807) is 24.1 Å². The van der Waals surface area contributed by atoms with Gasteiger partial charge in [-0.2, -0.15) is 4.37 Å². The van der Waals surface area contributed by atoms with Gasteiger partial charge in [0.25, 0.3) is 5.88 Å². The molecule has 212 valence electrons. The maximum absolute atomic E-state index is 8.30. The first-order chi connectivity index (χ1) is 22.8. The Morgan fingerprint density at radius 3 is 2.32 bits per heavy atom. The van der Waals surface area contributed by atoms with E-state index in [0.29, 0.717) is 37.1 Å². The first kappa shape index (κ1) is 18.3. The third-order valence-electron chi connectivity index (χ3n) is 5.80. The molecule has 0 amide bonds. The highest BCUT2D eigenvalue weighted by Gasteiger charge is 2.22. The number of likely N-dealkylation sites (N-methyl/N-ethyl adjacent to an activating group) is 2. The number of unbranched alkanes of at least 4 members (excludes halogenated alkanes) is 4. The highest BCUT2D eigenvalue weighted by molar-refractivity contribution is 6.99. The van der Waals surface area contributed by atoms with E-state index in [9.17, 15) is 0 Å². The summed E-state index contributed by atoms with van der Waals surface area (Å²) < 4.78 is 107. The summed E-state index contributed by atoms with van der Waals surface area (Å²) in [4.78, 5) is 10.6. The van der Waals surface area contributed by atoms with Gasteiger partial charge in [-0.3, -0.25) is 4.99 Å². The maximum Gasteiger partial charge on any atom is 0.253 e. The Balaban J connectivity index is 0.000000267. The van der Waals surface area contributed by atoms with Gasteiger partial charge in [0.15, 0.2) is 0 Å². The predicted molar refractivity (Wildman–Crippen MR) is 160 cm³/mol. The number of aromatic nitrogens is 2. The van der Waals surface area contributed by atoms with Crippen LogP contribution in [0.3, 0.4) is 0 Å². The van der Waals surface area contributed by atoms with Crippen LogP contribution in [0.25, 0.3) is 5.57 Å². The molecule has 1 aromatic heterocycles. The van der Waals surface area contributed by atoms with Crippen LogP contribution in [0.15, 0.2) is 27.7 Å². The van der Waals surface area contributed by atoms with Gasteiger partial charge in [0.1, 0.15) is 18.1 Å². The third kappa shape index (κ3) is 10.2. The van der Waals surface area contributed by atoms with E-state index in [1.165, 1.54) is 0 Å². The predicted octanol–water partition coefficient (Wildman–Crippen LogP) is 5.87. The summed E-state index contributed by atoms with van der Waals surface area (Å²) in [6.07, 6.45) is 10.1. The van der Waals surface area contributed by atoms with Gasteiger partial charge in [0.2, 0.25) is 5.90 Å². The normalized spacial score (nSPS) is 26.2. The molecule has 0 aliphatic carbocycles. The minimum Gasteiger partial charge on any atom is -0.476 e. The first-order valence-corrected chi connectivity index (χ1v) is 14.2. The molecule has 4 rings (SSSR count). The highest BCUT2D eigenvalue weighted by atomic mass is 32.1. The van der Waals surface area contributed by atoms with Crippen LogP contribution in [0.5, 0.6) is 5.88 Å². The van der Waals surface area contributed by atoms with Crippen LogP contribution in [0, 0.1) is 0 Å². The van der Waals surface area contributed by atoms with Crippen LogP contribution in [-0.4, -0.2) is 90.0 Å². The summed E-state index contributed by atoms with van der Waals surface area (Å²) >= 11 is 0.913. The summed E-state index contributed by atoms with van der Waals surface area (Å²) in [5.74, 6) is 0.0240. The molecule has 8 nitrogen and oxygen atoms in total. The Morgan fingerprint density at radius 1 is 0.895 bits per heavy atom. The monoisotopic (exact) mass is 555 g/mol. The smallest absolute Gasteiger partial charge is 0.253 e. The highest BCUT2D eigenvalue weighted by Crippen LogP contribution is 2.27. The Hall–Kier alpha value is -2.10. The van der Waals surface area contributed by atoms with Crippen molar-refractivity contribution in [3.8, 4) is 5.88 Å². The van der Waals surface area contributed by atoms with Crippen LogP contribution < -0.4 is 4.74 Å². The lowest BCUT2D eigenvalue weighted by Crippen LogP contribution is -2.31. The van der Waals surface area contributed by atoms with Crippen molar-refractivity contribution in [2.45, 2.75) is 78.1 Å². The van der Waals surface area contributed by atoms with Crippen molar-refractivity contribution in [1.82, 2.24) is 18.5 Å². The average molecular weight is 556 g/mol. The minimum absolute atomic E-state index is 0.0108. The van der Waals surface area contributed by atoms with Crippen molar-refractivity contribution >= 4 is 28.9 Å². The molecule has 0 radical (unpaired) electrons. The number of ether oxygens (including phenoxy) is 2. The van der Waals surface area contributed by atoms with E-state index < -0.39 is 33.1 Å². The molecule has 0 unspecified atom stereocenters. The van der Waals surface area contributed by atoms with Gasteiger partial charge in [0.05, 0.1) is 30.3 Å². The molecule has 3 aliphatic heterocycles. The average Bonchev–Trinajstić information content (AvgIpc) is 3.62. The number of hydrogen-bond acceptors (Lipinski definition) is 9. The van der Waals surface area contributed by atoms with Crippen molar-refractivity contribution in [2.75, 3.05) is 59.9 Å². The molecular weight excluding hydrogens is 496 g/mol. The Labute approximate surface area is 249 Å². The van der Waals surface area contributed by atoms with E-state index in [4.69, 9.17) is 24.6 Å². The quantitative estimate of drug-likeness (QED) is 0.283. The van der Waals surface area contributed by atoms with E-state index >= 15 is 0 Å². The Morgan fingerprint density at radius 2 is 1.58 bits per heavy atom. The molecule has 0 saturated heterocycles. The van der Waals surface area contributed by atoms with E-state index in [0.717, 1.165) is 48.7 Å². The van der Waals surface area contributed by atoms with Gasteiger partial charge < -0.3 is 19.3 Å². The molecule has 0 atom stereocenters. The minimum atomic E-state index is -2.59.